The predicted molar refractivity (Wildman–Crippen MR) is 53.2 cm³/mol. The quantitative estimate of drug-likeness (QED) is 0.401. The summed E-state index contributed by atoms with van der Waals surface area (Å²) in [5.74, 6) is 0. The number of benzene rings is 1. The van der Waals surface area contributed by atoms with Gasteiger partial charge in [-0.05, 0) is 12.5 Å². The lowest BCUT2D eigenvalue weighted by atomic mass is 10.1. The molecular formula is C11H14O2. The second-order valence-corrected chi connectivity index (χ2v) is 2.76. The molecule has 0 aliphatic rings. The van der Waals surface area contributed by atoms with Crippen molar-refractivity contribution in [2.24, 2.45) is 0 Å². The van der Waals surface area contributed by atoms with E-state index in [1.54, 1.807) is 0 Å². The van der Waals surface area contributed by atoms with Crippen molar-refractivity contribution in [1.82, 2.24) is 0 Å². The second kappa shape index (κ2) is 5.51. The molecule has 70 valence electrons. The van der Waals surface area contributed by atoms with Crippen LogP contribution in [-0.2, 0) is 9.78 Å². The summed E-state index contributed by atoms with van der Waals surface area (Å²) in [6, 6.07) is 8.30. The Bertz CT molecular complexity index is 262. The predicted octanol–water partition coefficient (Wildman–Crippen LogP) is 2.59. The molecule has 0 radical (unpaired) electrons. The van der Waals surface area contributed by atoms with Crippen LogP contribution in [0.15, 0.2) is 30.3 Å². The van der Waals surface area contributed by atoms with Gasteiger partial charge in [0.15, 0.2) is 0 Å². The van der Waals surface area contributed by atoms with Crippen molar-refractivity contribution < 1.29 is 9.78 Å². The van der Waals surface area contributed by atoms with Crippen LogP contribution in [0.3, 0.4) is 0 Å². The number of rotatable bonds is 4. The van der Waals surface area contributed by atoms with Crippen LogP contribution in [0.4, 0.5) is 0 Å². The van der Waals surface area contributed by atoms with Crippen LogP contribution in [0.1, 0.15) is 11.1 Å². The molecular weight excluding hydrogens is 164 g/mol. The van der Waals surface area contributed by atoms with Crippen LogP contribution >= 0.6 is 0 Å². The topological polar surface area (TPSA) is 18.5 Å². The van der Waals surface area contributed by atoms with E-state index in [2.05, 4.69) is 36.1 Å². The molecule has 1 aromatic rings. The molecule has 0 spiro atoms. The van der Waals surface area contributed by atoms with Crippen molar-refractivity contribution in [1.29, 1.82) is 0 Å². The molecule has 0 aromatic heterocycles. The van der Waals surface area contributed by atoms with Gasteiger partial charge in [0.05, 0.1) is 7.11 Å². The maximum absolute atomic E-state index is 4.69. The number of hydrogen-bond donors (Lipinski definition) is 0. The van der Waals surface area contributed by atoms with Gasteiger partial charge in [0.2, 0.25) is 0 Å². The molecule has 2 heteroatoms. The van der Waals surface area contributed by atoms with Gasteiger partial charge in [0.25, 0.3) is 0 Å². The summed E-state index contributed by atoms with van der Waals surface area (Å²) in [7, 11) is 1.50. The van der Waals surface area contributed by atoms with Crippen LogP contribution < -0.4 is 0 Å². The van der Waals surface area contributed by atoms with Crippen molar-refractivity contribution >= 4 is 6.08 Å². The largest absolute Gasteiger partial charge is 0.240 e. The molecule has 0 unspecified atom stereocenters. The Morgan fingerprint density at radius 2 is 1.92 bits per heavy atom. The van der Waals surface area contributed by atoms with Gasteiger partial charge in [-0.25, -0.2) is 9.78 Å². The van der Waals surface area contributed by atoms with Gasteiger partial charge >= 0.3 is 0 Å². The minimum atomic E-state index is 0.477. The molecule has 1 aromatic carbocycles. The number of aryl methyl sites for hydroxylation is 1. The molecule has 0 saturated heterocycles. The molecule has 2 nitrogen and oxygen atoms in total. The maximum atomic E-state index is 4.69. The highest BCUT2D eigenvalue weighted by Crippen LogP contribution is 2.04. The highest BCUT2D eigenvalue weighted by atomic mass is 17.2. The fraction of sp³-hybridized carbons (Fsp3) is 0.273. The van der Waals surface area contributed by atoms with Crippen molar-refractivity contribution in [3.05, 3.63) is 41.5 Å². The summed E-state index contributed by atoms with van der Waals surface area (Å²) >= 11 is 0. The third kappa shape index (κ3) is 3.87. The highest BCUT2D eigenvalue weighted by molar-refractivity contribution is 5.49. The zero-order chi connectivity index (χ0) is 9.52. The average Bonchev–Trinajstić information content (AvgIpc) is 2.15. The molecule has 0 fully saturated rings. The van der Waals surface area contributed by atoms with Gasteiger partial charge in [0.1, 0.15) is 6.61 Å². The zero-order valence-corrected chi connectivity index (χ0v) is 7.99. The van der Waals surface area contributed by atoms with E-state index < -0.39 is 0 Å². The van der Waals surface area contributed by atoms with Crippen LogP contribution in [0.25, 0.3) is 6.08 Å². The first kappa shape index (κ1) is 9.96. The Morgan fingerprint density at radius 3 is 2.54 bits per heavy atom. The lowest BCUT2D eigenvalue weighted by Gasteiger charge is -1.95. The van der Waals surface area contributed by atoms with Gasteiger partial charge in [0, 0.05) is 0 Å². The third-order valence-corrected chi connectivity index (χ3v) is 1.67. The smallest absolute Gasteiger partial charge is 0.101 e. The maximum Gasteiger partial charge on any atom is 0.101 e. The lowest BCUT2D eigenvalue weighted by Crippen LogP contribution is -1.87. The first-order chi connectivity index (χ1) is 6.33. The SMILES string of the molecule is COOC/C=C/c1ccc(C)cc1. The van der Waals surface area contributed by atoms with Crippen molar-refractivity contribution in [2.45, 2.75) is 6.92 Å². The molecule has 0 heterocycles. The van der Waals surface area contributed by atoms with Gasteiger partial charge < -0.3 is 0 Å². The molecule has 13 heavy (non-hydrogen) atoms. The number of hydrogen-bond acceptors (Lipinski definition) is 2. The fourth-order valence-corrected chi connectivity index (χ4v) is 0.969. The van der Waals surface area contributed by atoms with Crippen molar-refractivity contribution in [3.63, 3.8) is 0 Å². The van der Waals surface area contributed by atoms with Gasteiger partial charge in [-0.3, -0.25) is 0 Å². The third-order valence-electron chi connectivity index (χ3n) is 1.67. The van der Waals surface area contributed by atoms with E-state index in [9.17, 15) is 0 Å². The molecule has 0 aliphatic carbocycles. The summed E-state index contributed by atoms with van der Waals surface area (Å²) in [6.45, 7) is 2.55. The highest BCUT2D eigenvalue weighted by Gasteiger charge is 1.85. The Kier molecular flexibility index (Phi) is 4.23. The van der Waals surface area contributed by atoms with Crippen LogP contribution in [-0.4, -0.2) is 13.7 Å². The summed E-state index contributed by atoms with van der Waals surface area (Å²) < 4.78 is 0. The van der Waals surface area contributed by atoms with E-state index in [1.807, 2.05) is 12.2 Å². The molecule has 1 rings (SSSR count). The van der Waals surface area contributed by atoms with Gasteiger partial charge in [-0.1, -0.05) is 42.0 Å². The molecule has 0 bridgehead atoms. The molecule has 0 N–H and O–H groups in total. The first-order valence-corrected chi connectivity index (χ1v) is 4.22. The Morgan fingerprint density at radius 1 is 1.23 bits per heavy atom. The summed E-state index contributed by atoms with van der Waals surface area (Å²) in [4.78, 5) is 9.14. The van der Waals surface area contributed by atoms with E-state index in [0.29, 0.717) is 6.61 Å². The van der Waals surface area contributed by atoms with E-state index in [0.717, 1.165) is 0 Å². The molecule has 0 atom stereocenters. The zero-order valence-electron chi connectivity index (χ0n) is 7.99. The fourth-order valence-electron chi connectivity index (χ4n) is 0.969. The van der Waals surface area contributed by atoms with Crippen LogP contribution in [0.2, 0.25) is 0 Å². The Hall–Kier alpha value is -1.12. The Balaban J connectivity index is 2.44. The summed E-state index contributed by atoms with van der Waals surface area (Å²) in [5, 5.41) is 0. The first-order valence-electron chi connectivity index (χ1n) is 4.22. The molecule has 0 saturated carbocycles. The van der Waals surface area contributed by atoms with Crippen molar-refractivity contribution in [2.75, 3.05) is 13.7 Å². The average molecular weight is 178 g/mol. The van der Waals surface area contributed by atoms with Gasteiger partial charge in [-0.15, -0.1) is 0 Å². The van der Waals surface area contributed by atoms with Crippen LogP contribution in [0.5, 0.6) is 0 Å². The molecule has 0 aliphatic heterocycles. The normalized spacial score (nSPS) is 10.9. The van der Waals surface area contributed by atoms with E-state index in [-0.39, 0.29) is 0 Å². The summed E-state index contributed by atoms with van der Waals surface area (Å²) in [5.41, 5.74) is 2.44. The minimum absolute atomic E-state index is 0.477. The van der Waals surface area contributed by atoms with Crippen LogP contribution in [0, 0.1) is 6.92 Å². The lowest BCUT2D eigenvalue weighted by molar-refractivity contribution is -0.263. The van der Waals surface area contributed by atoms with E-state index in [1.165, 1.54) is 18.2 Å². The molecule has 0 amide bonds. The van der Waals surface area contributed by atoms with E-state index in [4.69, 9.17) is 4.89 Å². The van der Waals surface area contributed by atoms with Crippen molar-refractivity contribution in [3.8, 4) is 0 Å². The van der Waals surface area contributed by atoms with E-state index >= 15 is 0 Å². The standard InChI is InChI=1S/C11H14O2/c1-10-5-7-11(8-6-10)4-3-9-13-12-2/h3-8H,9H2,1-2H3/b4-3+. The minimum Gasteiger partial charge on any atom is -0.240 e. The summed E-state index contributed by atoms with van der Waals surface area (Å²) in [6.07, 6.45) is 3.91. The Labute approximate surface area is 78.7 Å². The van der Waals surface area contributed by atoms with Gasteiger partial charge in [-0.2, -0.15) is 0 Å². The second-order valence-electron chi connectivity index (χ2n) is 2.76. The monoisotopic (exact) mass is 178 g/mol.